The van der Waals surface area contributed by atoms with Crippen LogP contribution in [0.15, 0.2) is 0 Å². The molecule has 0 aliphatic rings. The van der Waals surface area contributed by atoms with Crippen molar-refractivity contribution in [1.29, 1.82) is 0 Å². The summed E-state index contributed by atoms with van der Waals surface area (Å²) in [4.78, 5) is 23.0. The van der Waals surface area contributed by atoms with Gasteiger partial charge in [-0.1, -0.05) is 19.8 Å². The molecule has 0 saturated carbocycles. The van der Waals surface area contributed by atoms with Crippen LogP contribution in [0.5, 0.6) is 0 Å². The fraction of sp³-hybridized carbons (Fsp3) is 0.867. The summed E-state index contributed by atoms with van der Waals surface area (Å²) in [5.41, 5.74) is -0.490. The minimum atomic E-state index is -0.490. The Bertz CT molecular complexity index is 298. The van der Waals surface area contributed by atoms with Gasteiger partial charge in [-0.15, -0.1) is 0 Å². The van der Waals surface area contributed by atoms with E-state index in [2.05, 4.69) is 17.6 Å². The van der Waals surface area contributed by atoms with Gasteiger partial charge in [0.15, 0.2) is 0 Å². The van der Waals surface area contributed by atoms with Crippen molar-refractivity contribution in [3.8, 4) is 0 Å². The first kappa shape index (κ1) is 18.7. The van der Waals surface area contributed by atoms with Crippen LogP contribution in [0.4, 0.5) is 4.79 Å². The molecule has 0 aromatic carbocycles. The molecular weight excluding hydrogens is 256 g/mol. The lowest BCUT2D eigenvalue weighted by atomic mass is 10.1. The normalized spacial score (nSPS) is 12.7. The molecule has 5 heteroatoms. The quantitative estimate of drug-likeness (QED) is 0.674. The molecule has 0 fully saturated rings. The second-order valence-electron chi connectivity index (χ2n) is 6.14. The van der Waals surface area contributed by atoms with E-state index in [0.29, 0.717) is 19.4 Å². The van der Waals surface area contributed by atoms with Crippen LogP contribution in [-0.2, 0) is 9.53 Å². The van der Waals surface area contributed by atoms with E-state index in [4.69, 9.17) is 4.74 Å². The molecule has 0 radical (unpaired) electrons. The molecule has 0 spiro atoms. The highest BCUT2D eigenvalue weighted by atomic mass is 16.6. The number of carbonyl (C=O) groups is 2. The Morgan fingerprint density at radius 3 is 2.40 bits per heavy atom. The average molecular weight is 286 g/mol. The zero-order chi connectivity index (χ0) is 15.6. The largest absolute Gasteiger partial charge is 0.444 e. The molecule has 1 atom stereocenters. The van der Waals surface area contributed by atoms with Crippen LogP contribution in [-0.4, -0.2) is 30.2 Å². The number of alkyl carbamates (subject to hydrolysis) is 1. The van der Waals surface area contributed by atoms with Gasteiger partial charge in [0.25, 0.3) is 0 Å². The second kappa shape index (κ2) is 9.61. The van der Waals surface area contributed by atoms with Crippen molar-refractivity contribution in [2.45, 2.75) is 78.4 Å². The summed E-state index contributed by atoms with van der Waals surface area (Å²) in [5, 5.41) is 5.60. The van der Waals surface area contributed by atoms with Crippen molar-refractivity contribution in [2.75, 3.05) is 6.54 Å². The van der Waals surface area contributed by atoms with Crippen LogP contribution in [0.3, 0.4) is 0 Å². The molecule has 5 nitrogen and oxygen atoms in total. The molecule has 118 valence electrons. The van der Waals surface area contributed by atoms with Crippen molar-refractivity contribution in [2.24, 2.45) is 0 Å². The van der Waals surface area contributed by atoms with Gasteiger partial charge in [-0.25, -0.2) is 4.79 Å². The molecule has 0 aromatic heterocycles. The van der Waals surface area contributed by atoms with Crippen molar-refractivity contribution in [1.82, 2.24) is 10.6 Å². The Kier molecular flexibility index (Phi) is 9.01. The van der Waals surface area contributed by atoms with Crippen LogP contribution in [0.25, 0.3) is 0 Å². The van der Waals surface area contributed by atoms with Gasteiger partial charge in [0.1, 0.15) is 5.60 Å². The van der Waals surface area contributed by atoms with E-state index in [-0.39, 0.29) is 11.9 Å². The highest BCUT2D eigenvalue weighted by Crippen LogP contribution is 2.06. The van der Waals surface area contributed by atoms with E-state index in [1.54, 1.807) is 0 Å². The molecular formula is C15H30N2O3. The summed E-state index contributed by atoms with van der Waals surface area (Å²) < 4.78 is 5.10. The third-order valence-corrected chi connectivity index (χ3v) is 2.65. The maximum Gasteiger partial charge on any atom is 0.407 e. The molecule has 0 heterocycles. The van der Waals surface area contributed by atoms with E-state index in [0.717, 1.165) is 19.3 Å². The topological polar surface area (TPSA) is 67.4 Å². The maximum absolute atomic E-state index is 11.6. The summed E-state index contributed by atoms with van der Waals surface area (Å²) >= 11 is 0. The van der Waals surface area contributed by atoms with Crippen LogP contribution >= 0.6 is 0 Å². The highest BCUT2D eigenvalue weighted by Gasteiger charge is 2.15. The van der Waals surface area contributed by atoms with Gasteiger partial charge in [0, 0.05) is 19.0 Å². The third kappa shape index (κ3) is 11.8. The van der Waals surface area contributed by atoms with Gasteiger partial charge in [-0.3, -0.25) is 4.79 Å². The molecule has 2 N–H and O–H groups in total. The Hall–Kier alpha value is -1.26. The van der Waals surface area contributed by atoms with Crippen LogP contribution < -0.4 is 10.6 Å². The van der Waals surface area contributed by atoms with Crippen LogP contribution in [0.2, 0.25) is 0 Å². The van der Waals surface area contributed by atoms with Gasteiger partial charge < -0.3 is 15.4 Å². The number of unbranched alkanes of at least 4 members (excludes halogenated alkanes) is 1. The molecule has 0 bridgehead atoms. The highest BCUT2D eigenvalue weighted by molar-refractivity contribution is 5.76. The first-order chi connectivity index (χ1) is 9.24. The van der Waals surface area contributed by atoms with E-state index in [1.165, 1.54) is 0 Å². The number of amides is 2. The number of carbonyl (C=O) groups excluding carboxylic acids is 2. The summed E-state index contributed by atoms with van der Waals surface area (Å²) in [7, 11) is 0. The minimum Gasteiger partial charge on any atom is -0.444 e. The van der Waals surface area contributed by atoms with Crippen LogP contribution in [0, 0.1) is 0 Å². The monoisotopic (exact) mass is 286 g/mol. The zero-order valence-electron chi connectivity index (χ0n) is 13.5. The molecule has 0 aromatic rings. The SMILES string of the molecule is CCCCC(C)NC(=O)CCCNC(=O)OC(C)(C)C. The molecule has 0 aliphatic heterocycles. The van der Waals surface area contributed by atoms with Crippen molar-refractivity contribution < 1.29 is 14.3 Å². The number of rotatable bonds is 8. The van der Waals surface area contributed by atoms with Crippen molar-refractivity contribution in [3.05, 3.63) is 0 Å². The number of nitrogens with one attached hydrogen (secondary N) is 2. The predicted octanol–water partition coefficient (Wildman–Crippen LogP) is 2.99. The number of hydrogen-bond acceptors (Lipinski definition) is 3. The van der Waals surface area contributed by atoms with Gasteiger partial charge in [0.05, 0.1) is 0 Å². The predicted molar refractivity (Wildman–Crippen MR) is 80.6 cm³/mol. The van der Waals surface area contributed by atoms with Gasteiger partial charge in [-0.05, 0) is 40.5 Å². The number of hydrogen-bond donors (Lipinski definition) is 2. The Labute approximate surface area is 122 Å². The lowest BCUT2D eigenvalue weighted by Crippen LogP contribution is -2.35. The second-order valence-corrected chi connectivity index (χ2v) is 6.14. The third-order valence-electron chi connectivity index (χ3n) is 2.65. The van der Waals surface area contributed by atoms with Crippen LogP contribution in [0.1, 0.15) is 66.7 Å². The van der Waals surface area contributed by atoms with E-state index >= 15 is 0 Å². The molecule has 2 amide bonds. The lowest BCUT2D eigenvalue weighted by Gasteiger charge is -2.19. The molecule has 0 rings (SSSR count). The standard InChI is InChI=1S/C15H30N2O3/c1-6-7-9-12(2)17-13(18)10-8-11-16-14(19)20-15(3,4)5/h12H,6-11H2,1-5H3,(H,16,19)(H,17,18). The molecule has 0 saturated heterocycles. The Morgan fingerprint density at radius 2 is 1.85 bits per heavy atom. The number of ether oxygens (including phenoxy) is 1. The molecule has 1 unspecified atom stereocenters. The summed E-state index contributed by atoms with van der Waals surface area (Å²) in [6.45, 7) is 10.1. The van der Waals surface area contributed by atoms with Crippen molar-refractivity contribution in [3.63, 3.8) is 0 Å². The molecule has 20 heavy (non-hydrogen) atoms. The first-order valence-corrected chi connectivity index (χ1v) is 7.50. The summed E-state index contributed by atoms with van der Waals surface area (Å²) in [6.07, 6.45) is 3.88. The Morgan fingerprint density at radius 1 is 1.20 bits per heavy atom. The van der Waals surface area contributed by atoms with Gasteiger partial charge in [-0.2, -0.15) is 0 Å². The fourth-order valence-corrected chi connectivity index (χ4v) is 1.68. The van der Waals surface area contributed by atoms with E-state index in [1.807, 2.05) is 27.7 Å². The fourth-order valence-electron chi connectivity index (χ4n) is 1.68. The smallest absolute Gasteiger partial charge is 0.407 e. The van der Waals surface area contributed by atoms with E-state index in [9.17, 15) is 9.59 Å². The summed E-state index contributed by atoms with van der Waals surface area (Å²) in [6, 6.07) is 0.223. The summed E-state index contributed by atoms with van der Waals surface area (Å²) in [5.74, 6) is 0.0413. The molecule has 0 aliphatic carbocycles. The van der Waals surface area contributed by atoms with Gasteiger partial charge in [0.2, 0.25) is 5.91 Å². The first-order valence-electron chi connectivity index (χ1n) is 7.50. The Balaban J connectivity index is 3.64. The van der Waals surface area contributed by atoms with Crippen molar-refractivity contribution >= 4 is 12.0 Å². The minimum absolute atomic E-state index is 0.0413. The lowest BCUT2D eigenvalue weighted by molar-refractivity contribution is -0.121. The zero-order valence-corrected chi connectivity index (χ0v) is 13.5. The van der Waals surface area contributed by atoms with E-state index < -0.39 is 11.7 Å². The van der Waals surface area contributed by atoms with Gasteiger partial charge >= 0.3 is 6.09 Å². The average Bonchev–Trinajstić information content (AvgIpc) is 2.30. The maximum atomic E-state index is 11.6.